The summed E-state index contributed by atoms with van der Waals surface area (Å²) in [6, 6.07) is 10.4. The van der Waals surface area contributed by atoms with Gasteiger partial charge in [-0.3, -0.25) is 0 Å². The van der Waals surface area contributed by atoms with Crippen molar-refractivity contribution in [3.8, 4) is 5.75 Å². The lowest BCUT2D eigenvalue weighted by atomic mass is 10.1. The molecule has 1 aromatic carbocycles. The molecule has 0 radical (unpaired) electrons. The van der Waals surface area contributed by atoms with Crippen molar-refractivity contribution in [1.82, 2.24) is 0 Å². The molecule has 0 aliphatic heterocycles. The minimum absolute atomic E-state index is 0.369. The largest absolute Gasteiger partial charge is 0.497 e. The van der Waals surface area contributed by atoms with Crippen LogP contribution in [0.2, 0.25) is 0 Å². The van der Waals surface area contributed by atoms with Gasteiger partial charge in [0.1, 0.15) is 5.75 Å². The maximum Gasteiger partial charge on any atom is 0.118 e. The third-order valence-corrected chi connectivity index (χ3v) is 4.06. The summed E-state index contributed by atoms with van der Waals surface area (Å²) in [6.45, 7) is 0. The molecule has 1 atom stereocenters. The fourth-order valence-corrected chi connectivity index (χ4v) is 2.91. The highest BCUT2D eigenvalue weighted by Crippen LogP contribution is 2.28. The molecule has 0 fully saturated rings. The van der Waals surface area contributed by atoms with Crippen LogP contribution in [0.4, 0.5) is 0 Å². The monoisotopic (exact) mass is 296 g/mol. The summed E-state index contributed by atoms with van der Waals surface area (Å²) in [7, 11) is 1.69. The second-order valence-electron chi connectivity index (χ2n) is 3.58. The van der Waals surface area contributed by atoms with Gasteiger partial charge in [-0.2, -0.15) is 11.3 Å². The molecule has 84 valence electrons. The summed E-state index contributed by atoms with van der Waals surface area (Å²) in [4.78, 5) is 0.369. The Hall–Kier alpha value is -0.800. The van der Waals surface area contributed by atoms with E-state index in [1.165, 1.54) is 11.1 Å². The van der Waals surface area contributed by atoms with E-state index in [9.17, 15) is 0 Å². The minimum atomic E-state index is 0.369. The average Bonchev–Trinajstić information content (AvgIpc) is 2.82. The van der Waals surface area contributed by atoms with Gasteiger partial charge in [0.25, 0.3) is 0 Å². The van der Waals surface area contributed by atoms with Gasteiger partial charge in [0.15, 0.2) is 0 Å². The van der Waals surface area contributed by atoms with E-state index in [0.717, 1.165) is 12.2 Å². The average molecular weight is 297 g/mol. The lowest BCUT2D eigenvalue weighted by molar-refractivity contribution is 0.414. The lowest BCUT2D eigenvalue weighted by Crippen LogP contribution is -1.94. The second kappa shape index (κ2) is 5.51. The Bertz CT molecular complexity index is 422. The molecule has 16 heavy (non-hydrogen) atoms. The quantitative estimate of drug-likeness (QED) is 0.758. The Morgan fingerprint density at radius 1 is 1.25 bits per heavy atom. The Morgan fingerprint density at radius 3 is 2.56 bits per heavy atom. The molecule has 0 spiro atoms. The van der Waals surface area contributed by atoms with Gasteiger partial charge in [-0.1, -0.05) is 28.1 Å². The second-order valence-corrected chi connectivity index (χ2v) is 5.46. The molecule has 1 aromatic heterocycles. The van der Waals surface area contributed by atoms with Crippen LogP contribution in [0.1, 0.15) is 16.0 Å². The van der Waals surface area contributed by atoms with Crippen molar-refractivity contribution in [2.45, 2.75) is 11.2 Å². The van der Waals surface area contributed by atoms with Crippen molar-refractivity contribution in [1.29, 1.82) is 0 Å². The van der Waals surface area contributed by atoms with Crippen molar-refractivity contribution in [2.75, 3.05) is 7.11 Å². The zero-order valence-corrected chi connectivity index (χ0v) is 11.4. The van der Waals surface area contributed by atoms with Crippen molar-refractivity contribution in [3.05, 3.63) is 52.2 Å². The van der Waals surface area contributed by atoms with Crippen LogP contribution in [-0.4, -0.2) is 7.11 Å². The number of ether oxygens (including phenoxy) is 1. The maximum absolute atomic E-state index is 5.14. The number of benzene rings is 1. The number of halogens is 1. The third kappa shape index (κ3) is 2.86. The number of hydrogen-bond acceptors (Lipinski definition) is 2. The first-order valence-electron chi connectivity index (χ1n) is 5.08. The van der Waals surface area contributed by atoms with Crippen molar-refractivity contribution < 1.29 is 4.74 Å². The topological polar surface area (TPSA) is 9.23 Å². The Morgan fingerprint density at radius 2 is 2.00 bits per heavy atom. The SMILES string of the molecule is COc1ccc(C(Br)Cc2ccsc2)cc1. The lowest BCUT2D eigenvalue weighted by Gasteiger charge is -2.09. The van der Waals surface area contributed by atoms with Gasteiger partial charge in [-0.15, -0.1) is 0 Å². The molecule has 0 saturated heterocycles. The highest BCUT2D eigenvalue weighted by molar-refractivity contribution is 9.09. The third-order valence-electron chi connectivity index (χ3n) is 2.47. The van der Waals surface area contributed by atoms with Crippen LogP contribution < -0.4 is 4.74 Å². The molecule has 3 heteroatoms. The smallest absolute Gasteiger partial charge is 0.118 e. The van der Waals surface area contributed by atoms with Crippen LogP contribution in [0.5, 0.6) is 5.75 Å². The summed E-state index contributed by atoms with van der Waals surface area (Å²) >= 11 is 5.46. The fourth-order valence-electron chi connectivity index (χ4n) is 1.55. The molecule has 0 saturated carbocycles. The van der Waals surface area contributed by atoms with Crippen molar-refractivity contribution in [2.24, 2.45) is 0 Å². The van der Waals surface area contributed by atoms with Crippen LogP contribution in [0.3, 0.4) is 0 Å². The van der Waals surface area contributed by atoms with Gasteiger partial charge in [0.05, 0.1) is 7.11 Å². The van der Waals surface area contributed by atoms with E-state index >= 15 is 0 Å². The predicted octanol–water partition coefficient (Wildman–Crippen LogP) is 4.44. The number of alkyl halides is 1. The fraction of sp³-hybridized carbons (Fsp3) is 0.231. The van der Waals surface area contributed by atoms with Gasteiger partial charge in [-0.05, 0) is 46.5 Å². The summed E-state index contributed by atoms with van der Waals surface area (Å²) in [6.07, 6.45) is 1.02. The van der Waals surface area contributed by atoms with Crippen molar-refractivity contribution in [3.63, 3.8) is 0 Å². The van der Waals surface area contributed by atoms with Crippen LogP contribution in [-0.2, 0) is 6.42 Å². The summed E-state index contributed by atoms with van der Waals surface area (Å²) < 4.78 is 5.14. The molecule has 0 N–H and O–H groups in total. The molecule has 0 amide bonds. The van der Waals surface area contributed by atoms with Gasteiger partial charge < -0.3 is 4.74 Å². The Kier molecular flexibility index (Phi) is 4.02. The predicted molar refractivity (Wildman–Crippen MR) is 72.7 cm³/mol. The molecule has 1 nitrogen and oxygen atoms in total. The minimum Gasteiger partial charge on any atom is -0.497 e. The molecule has 1 heterocycles. The zero-order chi connectivity index (χ0) is 11.4. The summed E-state index contributed by atoms with van der Waals surface area (Å²) in [5, 5.41) is 4.31. The first-order chi connectivity index (χ1) is 7.79. The maximum atomic E-state index is 5.14. The highest BCUT2D eigenvalue weighted by atomic mass is 79.9. The molecule has 2 aromatic rings. The van der Waals surface area contributed by atoms with E-state index in [1.54, 1.807) is 18.4 Å². The van der Waals surface area contributed by atoms with E-state index in [4.69, 9.17) is 4.74 Å². The number of thiophene rings is 1. The first-order valence-corrected chi connectivity index (χ1v) is 6.94. The van der Waals surface area contributed by atoms with Crippen LogP contribution >= 0.6 is 27.3 Å². The molecular formula is C13H13BrOS. The molecule has 0 aliphatic carbocycles. The molecular weight excluding hydrogens is 284 g/mol. The molecule has 0 bridgehead atoms. The number of methoxy groups -OCH3 is 1. The standard InChI is InChI=1S/C13H13BrOS/c1-15-12-4-2-11(3-5-12)13(14)8-10-6-7-16-9-10/h2-7,9,13H,8H2,1H3. The summed E-state index contributed by atoms with van der Waals surface area (Å²) in [5.41, 5.74) is 2.66. The zero-order valence-electron chi connectivity index (χ0n) is 9.02. The number of rotatable bonds is 4. The molecule has 2 rings (SSSR count). The van der Waals surface area contributed by atoms with Gasteiger partial charge >= 0.3 is 0 Å². The Labute approximate surface area is 108 Å². The molecule has 0 aliphatic rings. The summed E-state index contributed by atoms with van der Waals surface area (Å²) in [5.74, 6) is 0.902. The van der Waals surface area contributed by atoms with E-state index in [0.29, 0.717) is 4.83 Å². The van der Waals surface area contributed by atoms with E-state index < -0.39 is 0 Å². The highest BCUT2D eigenvalue weighted by Gasteiger charge is 2.08. The Balaban J connectivity index is 2.05. The van der Waals surface area contributed by atoms with Gasteiger partial charge in [-0.25, -0.2) is 0 Å². The molecule has 1 unspecified atom stereocenters. The van der Waals surface area contributed by atoms with Crippen LogP contribution in [0, 0.1) is 0 Å². The van der Waals surface area contributed by atoms with Crippen LogP contribution in [0.15, 0.2) is 41.1 Å². The normalized spacial score (nSPS) is 12.4. The first kappa shape index (κ1) is 11.7. The van der Waals surface area contributed by atoms with Crippen LogP contribution in [0.25, 0.3) is 0 Å². The van der Waals surface area contributed by atoms with E-state index in [1.807, 2.05) is 12.1 Å². The van der Waals surface area contributed by atoms with E-state index in [-0.39, 0.29) is 0 Å². The number of hydrogen-bond donors (Lipinski definition) is 0. The van der Waals surface area contributed by atoms with Gasteiger partial charge in [0.2, 0.25) is 0 Å². The van der Waals surface area contributed by atoms with Crippen molar-refractivity contribution >= 4 is 27.3 Å². The van der Waals surface area contributed by atoms with Gasteiger partial charge in [0, 0.05) is 4.83 Å². The van der Waals surface area contributed by atoms with E-state index in [2.05, 4.69) is 44.9 Å².